The molecule has 0 aliphatic carbocycles. The van der Waals surface area contributed by atoms with Crippen LogP contribution in [0.5, 0.6) is 5.75 Å². The van der Waals surface area contributed by atoms with Crippen LogP contribution in [0.1, 0.15) is 37.6 Å². The summed E-state index contributed by atoms with van der Waals surface area (Å²) < 4.78 is 11.3. The predicted molar refractivity (Wildman–Crippen MR) is 141 cm³/mol. The monoisotopic (exact) mass is 489 g/mol. The fraction of sp³-hybridized carbons (Fsp3) is 0.250. The molecule has 36 heavy (non-hydrogen) atoms. The highest BCUT2D eigenvalue weighted by molar-refractivity contribution is 6.05. The minimum atomic E-state index is -0.708. The number of phenolic OH excluding ortho intramolecular Hbond substituents is 1. The van der Waals surface area contributed by atoms with Gasteiger partial charge in [-0.1, -0.05) is 36.4 Å². The van der Waals surface area contributed by atoms with Crippen molar-refractivity contribution in [2.45, 2.75) is 39.8 Å². The number of hydrogen-bond acceptors (Lipinski definition) is 5. The minimum absolute atomic E-state index is 0.118. The number of aliphatic imine (C=N–C) groups is 1. The van der Waals surface area contributed by atoms with Gasteiger partial charge in [0.05, 0.1) is 7.11 Å². The number of methoxy groups -OCH3 is 1. The van der Waals surface area contributed by atoms with Gasteiger partial charge < -0.3 is 24.9 Å². The molecular formula is C28H31N3O5. The third-order valence-electron chi connectivity index (χ3n) is 5.39. The maximum atomic E-state index is 12.1. The molecule has 4 aromatic rings. The number of benzene rings is 3. The van der Waals surface area contributed by atoms with E-state index in [2.05, 4.69) is 33.4 Å². The first-order chi connectivity index (χ1) is 17.0. The van der Waals surface area contributed by atoms with Crippen LogP contribution >= 0.6 is 0 Å². The summed E-state index contributed by atoms with van der Waals surface area (Å²) in [5.74, 6) is 0.369. The van der Waals surface area contributed by atoms with Gasteiger partial charge in [0.2, 0.25) is 0 Å². The summed E-state index contributed by atoms with van der Waals surface area (Å²) in [6, 6.07) is 19.4. The fourth-order valence-electron chi connectivity index (χ4n) is 3.86. The van der Waals surface area contributed by atoms with Gasteiger partial charge in [-0.2, -0.15) is 4.99 Å². The number of rotatable bonds is 4. The Morgan fingerprint density at radius 1 is 1.08 bits per heavy atom. The number of carbonyl (C=O) groups is 2. The lowest BCUT2D eigenvalue weighted by Crippen LogP contribution is -2.24. The van der Waals surface area contributed by atoms with Gasteiger partial charge in [-0.15, -0.1) is 0 Å². The van der Waals surface area contributed by atoms with Gasteiger partial charge in [-0.3, -0.25) is 4.79 Å². The van der Waals surface area contributed by atoms with E-state index in [1.165, 1.54) is 7.11 Å². The molecule has 0 saturated heterocycles. The normalized spacial score (nSPS) is 11.6. The molecular weight excluding hydrogens is 458 g/mol. The van der Waals surface area contributed by atoms with Gasteiger partial charge in [-0.25, -0.2) is 4.79 Å². The Morgan fingerprint density at radius 3 is 2.47 bits per heavy atom. The molecule has 1 amide bonds. The number of phenols is 1. The minimum Gasteiger partial charge on any atom is -0.508 e. The number of ether oxygens (including phenoxy) is 2. The maximum Gasteiger partial charge on any atom is 0.436 e. The van der Waals surface area contributed by atoms with Crippen molar-refractivity contribution in [3.8, 4) is 5.75 Å². The largest absolute Gasteiger partial charge is 0.508 e. The van der Waals surface area contributed by atoms with E-state index in [0.29, 0.717) is 18.6 Å². The van der Waals surface area contributed by atoms with E-state index in [1.807, 2.05) is 36.4 Å². The van der Waals surface area contributed by atoms with Gasteiger partial charge in [0, 0.05) is 23.3 Å². The van der Waals surface area contributed by atoms with E-state index < -0.39 is 11.7 Å². The Kier molecular flexibility index (Phi) is 7.99. The Hall–Kier alpha value is -4.33. The molecule has 0 aliphatic heterocycles. The molecule has 0 bridgehead atoms. The van der Waals surface area contributed by atoms with Crippen LogP contribution in [0, 0.1) is 6.92 Å². The van der Waals surface area contributed by atoms with E-state index in [1.54, 1.807) is 32.9 Å². The number of aromatic nitrogens is 1. The summed E-state index contributed by atoms with van der Waals surface area (Å²) >= 11 is 0. The molecule has 0 fully saturated rings. The highest BCUT2D eigenvalue weighted by atomic mass is 16.6. The average Bonchev–Trinajstić information content (AvgIpc) is 3.12. The zero-order chi connectivity index (χ0) is 26.5. The number of hydrogen-bond donors (Lipinski definition) is 2. The highest BCUT2D eigenvalue weighted by Gasteiger charge is 2.17. The third-order valence-corrected chi connectivity index (χ3v) is 5.39. The van der Waals surface area contributed by atoms with Crippen molar-refractivity contribution in [2.75, 3.05) is 7.11 Å². The molecule has 0 atom stereocenters. The lowest BCUT2D eigenvalue weighted by Gasteiger charge is -2.17. The van der Waals surface area contributed by atoms with E-state index in [9.17, 15) is 9.90 Å². The fourth-order valence-corrected chi connectivity index (χ4v) is 3.86. The first-order valence-corrected chi connectivity index (χ1v) is 11.4. The predicted octanol–water partition coefficient (Wildman–Crippen LogP) is 5.29. The van der Waals surface area contributed by atoms with Crippen molar-refractivity contribution >= 4 is 40.1 Å². The molecule has 0 radical (unpaired) electrons. The number of nitrogens with two attached hydrogens (primary N) is 1. The van der Waals surface area contributed by atoms with Crippen molar-refractivity contribution in [2.24, 2.45) is 10.7 Å². The summed E-state index contributed by atoms with van der Waals surface area (Å²) in [5.41, 5.74) is 9.39. The number of carbonyl (C=O) groups excluding carboxylic acids is 2. The molecule has 0 saturated carbocycles. The number of nitrogens with zero attached hydrogens (tertiary/aromatic N) is 2. The Morgan fingerprint density at radius 2 is 1.81 bits per heavy atom. The topological polar surface area (TPSA) is 116 Å². The summed E-state index contributed by atoms with van der Waals surface area (Å²) in [6.45, 7) is 8.45. The Bertz CT molecular complexity index is 1430. The first kappa shape index (κ1) is 26.3. The van der Waals surface area contributed by atoms with Gasteiger partial charge in [0.1, 0.15) is 17.2 Å². The summed E-state index contributed by atoms with van der Waals surface area (Å²) in [4.78, 5) is 24.9. The summed E-state index contributed by atoms with van der Waals surface area (Å²) in [7, 11) is 1.31. The van der Waals surface area contributed by atoms with Crippen molar-refractivity contribution in [3.63, 3.8) is 0 Å². The Balaban J connectivity index is 0.000000840. The molecule has 8 nitrogen and oxygen atoms in total. The molecule has 0 spiro atoms. The van der Waals surface area contributed by atoms with Gasteiger partial charge in [0.25, 0.3) is 6.47 Å². The van der Waals surface area contributed by atoms with Crippen LogP contribution in [-0.2, 0) is 20.8 Å². The van der Waals surface area contributed by atoms with Crippen LogP contribution in [0.25, 0.3) is 21.7 Å². The molecule has 188 valence electrons. The molecule has 1 heterocycles. The summed E-state index contributed by atoms with van der Waals surface area (Å²) in [6.07, 6.45) is -0.708. The van der Waals surface area contributed by atoms with E-state index in [0.717, 1.165) is 32.9 Å². The zero-order valence-electron chi connectivity index (χ0n) is 21.1. The standard InChI is InChI=1S/C26H27N3O3.C2H4O2/c1-16-12-18-8-9-19(24(27)28-25(31)32-26(2,3)4)14-23(18)29(16)15-20-7-5-6-17-13-21(30)10-11-22(17)20;1-4-2-3/h5-14,30H,15H2,1-4H3,(H2,27,28,31);2H,1H3. The second-order valence-electron chi connectivity index (χ2n) is 9.28. The average molecular weight is 490 g/mol. The van der Waals surface area contributed by atoms with Crippen molar-refractivity contribution in [1.29, 1.82) is 0 Å². The van der Waals surface area contributed by atoms with Crippen LogP contribution in [0.2, 0.25) is 0 Å². The van der Waals surface area contributed by atoms with Crippen molar-refractivity contribution < 1.29 is 24.2 Å². The number of amidine groups is 1. The molecule has 3 aromatic carbocycles. The molecule has 4 rings (SSSR count). The second kappa shape index (κ2) is 10.9. The van der Waals surface area contributed by atoms with Crippen LogP contribution in [-0.4, -0.2) is 40.8 Å². The number of aromatic hydroxyl groups is 1. The molecule has 0 aliphatic rings. The van der Waals surface area contributed by atoms with Crippen LogP contribution in [0.4, 0.5) is 4.79 Å². The van der Waals surface area contributed by atoms with Crippen molar-refractivity contribution in [1.82, 2.24) is 4.57 Å². The smallest absolute Gasteiger partial charge is 0.436 e. The van der Waals surface area contributed by atoms with Gasteiger partial charge >= 0.3 is 6.09 Å². The second-order valence-corrected chi connectivity index (χ2v) is 9.28. The highest BCUT2D eigenvalue weighted by Crippen LogP contribution is 2.27. The van der Waals surface area contributed by atoms with Gasteiger partial charge in [0.15, 0.2) is 0 Å². The third kappa shape index (κ3) is 6.41. The molecule has 8 heteroatoms. The summed E-state index contributed by atoms with van der Waals surface area (Å²) in [5, 5.41) is 13.0. The first-order valence-electron chi connectivity index (χ1n) is 11.4. The van der Waals surface area contributed by atoms with Crippen LogP contribution in [0.3, 0.4) is 0 Å². The van der Waals surface area contributed by atoms with E-state index >= 15 is 0 Å². The lowest BCUT2D eigenvalue weighted by atomic mass is 10.0. The molecule has 0 unspecified atom stereocenters. The van der Waals surface area contributed by atoms with E-state index in [-0.39, 0.29) is 11.6 Å². The quantitative estimate of drug-likeness (QED) is 0.229. The lowest BCUT2D eigenvalue weighted by molar-refractivity contribution is -0.126. The number of amides is 1. The van der Waals surface area contributed by atoms with E-state index in [4.69, 9.17) is 15.3 Å². The van der Waals surface area contributed by atoms with Gasteiger partial charge in [-0.05, 0) is 73.7 Å². The van der Waals surface area contributed by atoms with Crippen LogP contribution in [0.15, 0.2) is 65.7 Å². The SMILES string of the molecule is COC=O.Cc1cc2ccc(/C(N)=N/C(=O)OC(C)(C)C)cc2n1Cc1cccc2cc(O)ccc12. The number of fused-ring (bicyclic) bond motifs is 2. The maximum absolute atomic E-state index is 12.1. The van der Waals surface area contributed by atoms with Crippen LogP contribution < -0.4 is 5.73 Å². The van der Waals surface area contributed by atoms with Crippen molar-refractivity contribution in [3.05, 3.63) is 77.5 Å². The molecule has 3 N–H and O–H groups in total. The molecule has 1 aromatic heterocycles. The number of aryl methyl sites for hydroxylation is 1. The Labute approximate surface area is 210 Å². The zero-order valence-corrected chi connectivity index (χ0v) is 21.1.